The first kappa shape index (κ1) is 14.3. The molecular weight excluding hydrogens is 256 g/mol. The molecule has 0 aliphatic heterocycles. The Labute approximate surface area is 118 Å². The Morgan fingerprint density at radius 2 is 2.05 bits per heavy atom. The van der Waals surface area contributed by atoms with Crippen LogP contribution >= 0.6 is 0 Å². The summed E-state index contributed by atoms with van der Waals surface area (Å²) in [4.78, 5) is 22.5. The minimum atomic E-state index is -0.530. The van der Waals surface area contributed by atoms with Gasteiger partial charge in [-0.05, 0) is 37.0 Å². The van der Waals surface area contributed by atoms with E-state index in [1.54, 1.807) is 6.08 Å². The Kier molecular flexibility index (Phi) is 4.93. The summed E-state index contributed by atoms with van der Waals surface area (Å²) >= 11 is 0. The summed E-state index contributed by atoms with van der Waals surface area (Å²) in [5, 5.41) is 0. The van der Waals surface area contributed by atoms with Crippen LogP contribution in [0.3, 0.4) is 0 Å². The number of esters is 1. The van der Waals surface area contributed by atoms with Gasteiger partial charge < -0.3 is 9.47 Å². The second-order valence-corrected chi connectivity index (χ2v) is 4.84. The molecule has 0 bridgehead atoms. The molecule has 106 valence electrons. The van der Waals surface area contributed by atoms with Crippen LogP contribution in [0.2, 0.25) is 0 Å². The second-order valence-electron chi connectivity index (χ2n) is 4.84. The van der Waals surface area contributed by atoms with Crippen molar-refractivity contribution >= 4 is 17.8 Å². The number of hydrogen-bond donors (Lipinski definition) is 0. The normalized spacial score (nSPS) is 14.2. The number of hydrogen-bond acceptors (Lipinski definition) is 4. The first-order valence-electron chi connectivity index (χ1n) is 6.68. The number of ketones is 1. The lowest BCUT2D eigenvalue weighted by Crippen LogP contribution is -2.06. The van der Waals surface area contributed by atoms with Gasteiger partial charge in [0.25, 0.3) is 0 Å². The zero-order valence-corrected chi connectivity index (χ0v) is 11.5. The van der Waals surface area contributed by atoms with Crippen LogP contribution in [0.1, 0.15) is 24.8 Å². The van der Waals surface area contributed by atoms with Crippen LogP contribution in [0.4, 0.5) is 0 Å². The lowest BCUT2D eigenvalue weighted by molar-refractivity contribution is -0.142. The van der Waals surface area contributed by atoms with E-state index in [1.807, 2.05) is 24.3 Å². The summed E-state index contributed by atoms with van der Waals surface area (Å²) in [6.45, 7) is 0.723. The number of ether oxygens (including phenoxy) is 2. The monoisotopic (exact) mass is 274 g/mol. The molecule has 1 fully saturated rings. The van der Waals surface area contributed by atoms with Gasteiger partial charge in [-0.15, -0.1) is 0 Å². The van der Waals surface area contributed by atoms with E-state index in [-0.39, 0.29) is 12.2 Å². The predicted octanol–water partition coefficient (Wildman–Crippen LogP) is 2.62. The Morgan fingerprint density at radius 1 is 1.30 bits per heavy atom. The van der Waals surface area contributed by atoms with Crippen LogP contribution in [-0.4, -0.2) is 25.5 Å². The van der Waals surface area contributed by atoms with Gasteiger partial charge in [0.2, 0.25) is 0 Å². The minimum absolute atomic E-state index is 0.238. The maximum absolute atomic E-state index is 11.5. The molecule has 1 aromatic rings. The molecule has 0 saturated heterocycles. The van der Waals surface area contributed by atoms with E-state index in [1.165, 1.54) is 26.0 Å². The van der Waals surface area contributed by atoms with Crippen molar-refractivity contribution in [1.82, 2.24) is 0 Å². The number of allylic oxidation sites excluding steroid dienone is 1. The number of methoxy groups -OCH3 is 1. The van der Waals surface area contributed by atoms with E-state index in [4.69, 9.17) is 4.74 Å². The van der Waals surface area contributed by atoms with Gasteiger partial charge in [-0.25, -0.2) is 0 Å². The van der Waals surface area contributed by atoms with Gasteiger partial charge in [0.1, 0.15) is 12.2 Å². The van der Waals surface area contributed by atoms with Gasteiger partial charge in [-0.2, -0.15) is 0 Å². The Hall–Kier alpha value is -2.10. The molecule has 4 heteroatoms. The molecule has 0 heterocycles. The first-order chi connectivity index (χ1) is 9.69. The van der Waals surface area contributed by atoms with Crippen molar-refractivity contribution in [3.8, 4) is 5.75 Å². The van der Waals surface area contributed by atoms with E-state index in [0.29, 0.717) is 5.92 Å². The number of para-hydroxylation sites is 1. The summed E-state index contributed by atoms with van der Waals surface area (Å²) in [6, 6.07) is 7.54. The van der Waals surface area contributed by atoms with E-state index in [0.717, 1.165) is 17.9 Å². The second kappa shape index (κ2) is 6.89. The molecule has 1 saturated carbocycles. The van der Waals surface area contributed by atoms with E-state index in [9.17, 15) is 9.59 Å². The summed E-state index contributed by atoms with van der Waals surface area (Å²) in [5.74, 6) is 0.626. The minimum Gasteiger partial charge on any atom is -0.493 e. The average molecular weight is 274 g/mol. The molecule has 0 N–H and O–H groups in total. The highest BCUT2D eigenvalue weighted by molar-refractivity contribution is 6.04. The molecule has 0 atom stereocenters. The van der Waals surface area contributed by atoms with Gasteiger partial charge >= 0.3 is 5.97 Å². The fourth-order valence-corrected chi connectivity index (χ4v) is 1.70. The van der Waals surface area contributed by atoms with Crippen molar-refractivity contribution < 1.29 is 19.1 Å². The molecule has 1 aliphatic carbocycles. The number of carbonyl (C=O) groups excluding carboxylic acids is 2. The maximum atomic E-state index is 11.5. The summed E-state index contributed by atoms with van der Waals surface area (Å²) in [5.41, 5.74) is 0.839. The molecule has 20 heavy (non-hydrogen) atoms. The molecule has 4 nitrogen and oxygen atoms in total. The van der Waals surface area contributed by atoms with Crippen LogP contribution in [0, 0.1) is 5.92 Å². The third kappa shape index (κ3) is 4.53. The highest BCUT2D eigenvalue weighted by atomic mass is 16.5. The van der Waals surface area contributed by atoms with Crippen LogP contribution in [0.25, 0.3) is 6.08 Å². The van der Waals surface area contributed by atoms with E-state index < -0.39 is 5.97 Å². The fourth-order valence-electron chi connectivity index (χ4n) is 1.70. The third-order valence-corrected chi connectivity index (χ3v) is 3.09. The van der Waals surface area contributed by atoms with Crippen LogP contribution in [-0.2, 0) is 14.3 Å². The number of benzene rings is 1. The van der Waals surface area contributed by atoms with Gasteiger partial charge in [0.05, 0.1) is 13.7 Å². The molecule has 0 radical (unpaired) electrons. The molecule has 0 aromatic heterocycles. The maximum Gasteiger partial charge on any atom is 0.313 e. The zero-order chi connectivity index (χ0) is 14.4. The highest BCUT2D eigenvalue weighted by Crippen LogP contribution is 2.30. The average Bonchev–Trinajstić information content (AvgIpc) is 3.27. The number of rotatable bonds is 7. The standard InChI is InChI=1S/C16H18O4/c1-19-16(18)10-14(17)9-8-13-4-2-3-5-15(13)20-11-12-6-7-12/h2-5,8-9,12H,6-7,10-11H2,1H3. The third-order valence-electron chi connectivity index (χ3n) is 3.09. The molecule has 2 rings (SSSR count). The summed E-state index contributed by atoms with van der Waals surface area (Å²) in [6.07, 6.45) is 5.28. The summed E-state index contributed by atoms with van der Waals surface area (Å²) < 4.78 is 10.2. The Balaban J connectivity index is 1.96. The molecular formula is C16H18O4. The molecule has 0 unspecified atom stereocenters. The molecule has 0 spiro atoms. The van der Waals surface area contributed by atoms with Gasteiger partial charge in [-0.1, -0.05) is 18.2 Å². The quantitative estimate of drug-likeness (QED) is 0.436. The Morgan fingerprint density at radius 3 is 2.75 bits per heavy atom. The molecule has 1 aromatic carbocycles. The van der Waals surface area contributed by atoms with Crippen LogP contribution in [0.5, 0.6) is 5.75 Å². The van der Waals surface area contributed by atoms with Crippen molar-refractivity contribution in [1.29, 1.82) is 0 Å². The SMILES string of the molecule is COC(=O)CC(=O)C=Cc1ccccc1OCC1CC1. The van der Waals surface area contributed by atoms with Crippen molar-refractivity contribution in [3.05, 3.63) is 35.9 Å². The van der Waals surface area contributed by atoms with E-state index in [2.05, 4.69) is 4.74 Å². The molecule has 1 aliphatic rings. The van der Waals surface area contributed by atoms with Crippen molar-refractivity contribution in [2.24, 2.45) is 5.92 Å². The van der Waals surface area contributed by atoms with Gasteiger partial charge in [0, 0.05) is 5.56 Å². The lowest BCUT2D eigenvalue weighted by Gasteiger charge is -2.08. The number of carbonyl (C=O) groups is 2. The van der Waals surface area contributed by atoms with Crippen LogP contribution in [0.15, 0.2) is 30.3 Å². The summed E-state index contributed by atoms with van der Waals surface area (Å²) in [7, 11) is 1.26. The lowest BCUT2D eigenvalue weighted by atomic mass is 10.1. The molecule has 0 amide bonds. The zero-order valence-electron chi connectivity index (χ0n) is 11.5. The smallest absolute Gasteiger partial charge is 0.313 e. The topological polar surface area (TPSA) is 52.6 Å². The predicted molar refractivity (Wildman–Crippen MR) is 75.3 cm³/mol. The van der Waals surface area contributed by atoms with Gasteiger partial charge in [0.15, 0.2) is 5.78 Å². The fraction of sp³-hybridized carbons (Fsp3) is 0.375. The van der Waals surface area contributed by atoms with Crippen LogP contribution < -0.4 is 4.74 Å². The Bertz CT molecular complexity index is 515. The van der Waals surface area contributed by atoms with Crippen molar-refractivity contribution in [3.63, 3.8) is 0 Å². The largest absolute Gasteiger partial charge is 0.493 e. The highest BCUT2D eigenvalue weighted by Gasteiger charge is 2.22. The van der Waals surface area contributed by atoms with E-state index >= 15 is 0 Å². The first-order valence-corrected chi connectivity index (χ1v) is 6.68. The van der Waals surface area contributed by atoms with Gasteiger partial charge in [-0.3, -0.25) is 9.59 Å². The van der Waals surface area contributed by atoms with Crippen molar-refractivity contribution in [2.45, 2.75) is 19.3 Å². The van der Waals surface area contributed by atoms with Crippen molar-refractivity contribution in [2.75, 3.05) is 13.7 Å².